The Bertz CT molecular complexity index is 830. The van der Waals surface area contributed by atoms with Crippen molar-refractivity contribution in [2.45, 2.75) is 37.5 Å². The molecule has 1 saturated carbocycles. The molecule has 0 aliphatic heterocycles. The van der Waals surface area contributed by atoms with Crippen LogP contribution in [-0.4, -0.2) is 21.8 Å². The number of rotatable bonds is 1. The second-order valence-corrected chi connectivity index (χ2v) is 6.35. The fourth-order valence-electron chi connectivity index (χ4n) is 3.83. The molecule has 3 unspecified atom stereocenters. The molecule has 120 valence electrons. The van der Waals surface area contributed by atoms with Gasteiger partial charge in [0.05, 0.1) is 12.1 Å². The number of fused-ring (bicyclic) bond motifs is 3. The molecule has 2 aromatic carbocycles. The maximum atomic E-state index is 13.7. The number of nitrogens with zero attached hydrogens (tertiary/aromatic N) is 1. The molecule has 23 heavy (non-hydrogen) atoms. The molecular weight excluding hydrogens is 298 g/mol. The summed E-state index contributed by atoms with van der Waals surface area (Å²) in [4.78, 5) is 0. The molecule has 0 bridgehead atoms. The van der Waals surface area contributed by atoms with Crippen LogP contribution in [0.15, 0.2) is 36.4 Å². The van der Waals surface area contributed by atoms with E-state index >= 15 is 0 Å². The lowest BCUT2D eigenvalue weighted by atomic mass is 9.88. The summed E-state index contributed by atoms with van der Waals surface area (Å²) in [5.41, 5.74) is 7.62. The van der Waals surface area contributed by atoms with Gasteiger partial charge < -0.3 is 15.4 Å². The van der Waals surface area contributed by atoms with Crippen molar-refractivity contribution in [3.05, 3.63) is 48.0 Å². The number of benzene rings is 2. The van der Waals surface area contributed by atoms with Gasteiger partial charge in [0.25, 0.3) is 0 Å². The Morgan fingerprint density at radius 2 is 1.52 bits per heavy atom. The van der Waals surface area contributed by atoms with Crippen molar-refractivity contribution in [1.29, 1.82) is 0 Å². The van der Waals surface area contributed by atoms with Gasteiger partial charge in [-0.25, -0.2) is 8.78 Å². The summed E-state index contributed by atoms with van der Waals surface area (Å²) in [5.74, 6) is -0.719. The minimum Gasteiger partial charge on any atom is -0.389 e. The maximum Gasteiger partial charge on any atom is 0.123 e. The van der Waals surface area contributed by atoms with Crippen LogP contribution in [0.4, 0.5) is 8.78 Å². The molecule has 1 aliphatic rings. The zero-order chi connectivity index (χ0) is 16.1. The number of aliphatic hydroxyl groups is 1. The SMILES string of the molecule is NC1CCCC(n2c3ccc(F)cc3c3cc(F)ccc32)C1O. The van der Waals surface area contributed by atoms with Crippen molar-refractivity contribution < 1.29 is 13.9 Å². The standard InChI is InChI=1S/C18H18F2N2O/c19-10-4-6-15-12(8-10)13-9-11(20)5-7-16(13)22(15)17-3-1-2-14(21)18(17)23/h4-9,14,17-18,23H,1-3,21H2. The first-order valence-corrected chi connectivity index (χ1v) is 7.88. The predicted octanol–water partition coefficient (Wildman–Crippen LogP) is 3.49. The quantitative estimate of drug-likeness (QED) is 0.722. The van der Waals surface area contributed by atoms with Crippen LogP contribution in [0, 0.1) is 11.6 Å². The van der Waals surface area contributed by atoms with Gasteiger partial charge in [0.2, 0.25) is 0 Å². The molecule has 0 spiro atoms. The highest BCUT2D eigenvalue weighted by Crippen LogP contribution is 2.38. The molecule has 3 atom stereocenters. The highest BCUT2D eigenvalue weighted by Gasteiger charge is 2.32. The molecule has 1 aliphatic carbocycles. The van der Waals surface area contributed by atoms with Crippen LogP contribution in [-0.2, 0) is 0 Å². The molecule has 4 rings (SSSR count). The molecule has 3 aromatic rings. The molecular formula is C18H18F2N2O. The molecule has 3 nitrogen and oxygen atoms in total. The summed E-state index contributed by atoms with van der Waals surface area (Å²) in [6.07, 6.45) is 1.84. The van der Waals surface area contributed by atoms with E-state index in [0.29, 0.717) is 10.8 Å². The largest absolute Gasteiger partial charge is 0.389 e. The summed E-state index contributed by atoms with van der Waals surface area (Å²) in [6, 6.07) is 8.54. The van der Waals surface area contributed by atoms with E-state index in [9.17, 15) is 13.9 Å². The number of hydrogen-bond acceptors (Lipinski definition) is 2. The number of halogens is 2. The van der Waals surface area contributed by atoms with Gasteiger partial charge in [-0.15, -0.1) is 0 Å². The van der Waals surface area contributed by atoms with Gasteiger partial charge in [0, 0.05) is 27.8 Å². The van der Waals surface area contributed by atoms with Crippen molar-refractivity contribution in [3.63, 3.8) is 0 Å². The third-order valence-corrected chi connectivity index (χ3v) is 4.93. The van der Waals surface area contributed by atoms with Crippen molar-refractivity contribution >= 4 is 21.8 Å². The van der Waals surface area contributed by atoms with Gasteiger partial charge in [-0.2, -0.15) is 0 Å². The van der Waals surface area contributed by atoms with E-state index in [4.69, 9.17) is 5.73 Å². The van der Waals surface area contributed by atoms with E-state index in [2.05, 4.69) is 0 Å². The molecule has 0 amide bonds. The van der Waals surface area contributed by atoms with E-state index in [1.165, 1.54) is 24.3 Å². The van der Waals surface area contributed by atoms with Crippen molar-refractivity contribution in [1.82, 2.24) is 4.57 Å². The first-order chi connectivity index (χ1) is 11.1. The van der Waals surface area contributed by atoms with Gasteiger partial charge in [0.1, 0.15) is 11.6 Å². The lowest BCUT2D eigenvalue weighted by molar-refractivity contribution is 0.0606. The van der Waals surface area contributed by atoms with E-state index in [1.807, 2.05) is 4.57 Å². The van der Waals surface area contributed by atoms with E-state index in [0.717, 1.165) is 30.3 Å². The fourth-order valence-corrected chi connectivity index (χ4v) is 3.83. The van der Waals surface area contributed by atoms with Gasteiger partial charge >= 0.3 is 0 Å². The maximum absolute atomic E-state index is 13.7. The van der Waals surface area contributed by atoms with Crippen LogP contribution in [0.5, 0.6) is 0 Å². The van der Waals surface area contributed by atoms with Gasteiger partial charge in [0.15, 0.2) is 0 Å². The lowest BCUT2D eigenvalue weighted by Crippen LogP contribution is -2.44. The smallest absolute Gasteiger partial charge is 0.123 e. The number of aliphatic hydroxyl groups excluding tert-OH is 1. The topological polar surface area (TPSA) is 51.2 Å². The monoisotopic (exact) mass is 316 g/mol. The lowest BCUT2D eigenvalue weighted by Gasteiger charge is -2.34. The van der Waals surface area contributed by atoms with Gasteiger partial charge in [-0.05, 0) is 55.7 Å². The minimum absolute atomic E-state index is 0.185. The predicted molar refractivity (Wildman–Crippen MR) is 86.2 cm³/mol. The third-order valence-electron chi connectivity index (χ3n) is 4.93. The number of nitrogens with two attached hydrogens (primary N) is 1. The molecule has 0 radical (unpaired) electrons. The zero-order valence-corrected chi connectivity index (χ0v) is 12.5. The normalized spacial score (nSPS) is 25.3. The van der Waals surface area contributed by atoms with Crippen molar-refractivity contribution in [2.24, 2.45) is 5.73 Å². The highest BCUT2D eigenvalue weighted by atomic mass is 19.1. The highest BCUT2D eigenvalue weighted by molar-refractivity contribution is 6.08. The van der Waals surface area contributed by atoms with E-state index in [1.54, 1.807) is 12.1 Å². The second-order valence-electron chi connectivity index (χ2n) is 6.35. The summed E-state index contributed by atoms with van der Waals surface area (Å²) < 4.78 is 29.4. The van der Waals surface area contributed by atoms with Crippen LogP contribution in [0.25, 0.3) is 21.8 Å². The fraction of sp³-hybridized carbons (Fsp3) is 0.333. The average Bonchev–Trinajstić information content (AvgIpc) is 2.83. The Morgan fingerprint density at radius 3 is 2.09 bits per heavy atom. The van der Waals surface area contributed by atoms with E-state index < -0.39 is 6.10 Å². The van der Waals surface area contributed by atoms with Crippen molar-refractivity contribution in [3.8, 4) is 0 Å². The van der Waals surface area contributed by atoms with Crippen LogP contribution in [0.2, 0.25) is 0 Å². The Hall–Kier alpha value is -1.98. The van der Waals surface area contributed by atoms with Crippen molar-refractivity contribution in [2.75, 3.05) is 0 Å². The summed E-state index contributed by atoms with van der Waals surface area (Å²) >= 11 is 0. The minimum atomic E-state index is -0.669. The third kappa shape index (κ3) is 2.23. The Labute approximate surface area is 132 Å². The second kappa shape index (κ2) is 5.28. The molecule has 3 N–H and O–H groups in total. The summed E-state index contributed by atoms with van der Waals surface area (Å²) in [5, 5.41) is 11.9. The first kappa shape index (κ1) is 14.6. The van der Waals surface area contributed by atoms with Gasteiger partial charge in [-0.3, -0.25) is 0 Å². The Morgan fingerprint density at radius 1 is 0.957 bits per heavy atom. The van der Waals surface area contributed by atoms with E-state index in [-0.39, 0.29) is 23.7 Å². The van der Waals surface area contributed by atoms with Gasteiger partial charge in [-0.1, -0.05) is 0 Å². The molecule has 1 fully saturated rings. The van der Waals surface area contributed by atoms with Crippen LogP contribution in [0.1, 0.15) is 25.3 Å². The zero-order valence-electron chi connectivity index (χ0n) is 12.5. The molecule has 0 saturated heterocycles. The molecule has 1 aromatic heterocycles. The Kier molecular flexibility index (Phi) is 3.36. The number of hydrogen-bond donors (Lipinski definition) is 2. The van der Waals surface area contributed by atoms with Crippen LogP contribution >= 0.6 is 0 Å². The summed E-state index contributed by atoms with van der Waals surface area (Å²) in [6.45, 7) is 0. The summed E-state index contributed by atoms with van der Waals surface area (Å²) in [7, 11) is 0. The Balaban J connectivity index is 2.04. The molecule has 1 heterocycles. The number of aromatic nitrogens is 1. The van der Waals surface area contributed by atoms with Crippen LogP contribution < -0.4 is 5.73 Å². The molecule has 5 heteroatoms. The first-order valence-electron chi connectivity index (χ1n) is 7.88. The average molecular weight is 316 g/mol. The van der Waals surface area contributed by atoms with Crippen LogP contribution in [0.3, 0.4) is 0 Å².